The third-order valence-corrected chi connectivity index (χ3v) is 3.52. The molecular weight excluding hydrogens is 320 g/mol. The highest BCUT2D eigenvalue weighted by Crippen LogP contribution is 2.09. The molecule has 138 valence electrons. The summed E-state index contributed by atoms with van der Waals surface area (Å²) in [5, 5.41) is 4.67. The number of urea groups is 1. The number of carbonyl (C=O) groups excluding carboxylic acids is 3. The fraction of sp³-hybridized carbons (Fsp3) is 0.526. The van der Waals surface area contributed by atoms with Crippen molar-refractivity contribution >= 4 is 17.9 Å². The van der Waals surface area contributed by atoms with Crippen LogP contribution in [0, 0.1) is 0 Å². The second-order valence-electron chi connectivity index (χ2n) is 6.35. The van der Waals surface area contributed by atoms with Crippen LogP contribution in [0.2, 0.25) is 0 Å². The van der Waals surface area contributed by atoms with Crippen molar-refractivity contribution in [1.29, 1.82) is 0 Å². The summed E-state index contributed by atoms with van der Waals surface area (Å²) in [6.45, 7) is 7.14. The molecule has 1 aromatic rings. The van der Waals surface area contributed by atoms with Crippen LogP contribution in [0.5, 0.6) is 0 Å². The molecule has 25 heavy (non-hydrogen) atoms. The largest absolute Gasteiger partial charge is 0.452 e. The van der Waals surface area contributed by atoms with E-state index in [9.17, 15) is 14.4 Å². The zero-order valence-corrected chi connectivity index (χ0v) is 15.4. The smallest absolute Gasteiger partial charge is 0.321 e. The highest BCUT2D eigenvalue weighted by molar-refractivity contribution is 5.97. The maximum Gasteiger partial charge on any atom is 0.321 e. The summed E-state index contributed by atoms with van der Waals surface area (Å²) >= 11 is 0. The number of imide groups is 1. The molecule has 0 saturated carbocycles. The van der Waals surface area contributed by atoms with Gasteiger partial charge in [0.15, 0.2) is 6.10 Å². The zero-order chi connectivity index (χ0) is 18.8. The van der Waals surface area contributed by atoms with E-state index >= 15 is 0 Å². The Morgan fingerprint density at radius 1 is 1.04 bits per heavy atom. The first kappa shape index (κ1) is 20.7. The van der Waals surface area contributed by atoms with Crippen molar-refractivity contribution < 1.29 is 19.1 Å². The first-order chi connectivity index (χ1) is 11.8. The van der Waals surface area contributed by atoms with Crippen molar-refractivity contribution in [2.45, 2.75) is 65.5 Å². The Labute approximate surface area is 149 Å². The molecule has 1 aromatic carbocycles. The molecule has 0 unspecified atom stereocenters. The summed E-state index contributed by atoms with van der Waals surface area (Å²) in [5.74, 6) is -1.16. The summed E-state index contributed by atoms with van der Waals surface area (Å²) in [4.78, 5) is 35.2. The van der Waals surface area contributed by atoms with Crippen molar-refractivity contribution in [1.82, 2.24) is 10.6 Å². The molecule has 0 aliphatic rings. The van der Waals surface area contributed by atoms with Gasteiger partial charge in [-0.15, -0.1) is 0 Å². The van der Waals surface area contributed by atoms with E-state index in [-0.39, 0.29) is 12.5 Å². The van der Waals surface area contributed by atoms with E-state index in [0.29, 0.717) is 0 Å². The third kappa shape index (κ3) is 8.33. The quantitative estimate of drug-likeness (QED) is 0.708. The van der Waals surface area contributed by atoms with Gasteiger partial charge in [0.05, 0.1) is 6.42 Å². The molecule has 0 fully saturated rings. The molecule has 0 aromatic heterocycles. The standard InChI is InChI=1S/C19H28N2O4/c1-5-6-7-15-8-10-16(11-9-15)12-17(22)25-14(4)18(23)21-19(24)20-13(2)3/h8-11,13-14H,5-7,12H2,1-4H3,(H2,20,21,23,24)/t14-/m1/s1. The first-order valence-corrected chi connectivity index (χ1v) is 8.70. The minimum Gasteiger partial charge on any atom is -0.452 e. The van der Waals surface area contributed by atoms with E-state index in [1.165, 1.54) is 12.5 Å². The van der Waals surface area contributed by atoms with Crippen LogP contribution in [0.1, 0.15) is 51.7 Å². The van der Waals surface area contributed by atoms with Crippen LogP contribution in [0.3, 0.4) is 0 Å². The maximum atomic E-state index is 11.9. The van der Waals surface area contributed by atoms with Gasteiger partial charge in [0, 0.05) is 6.04 Å². The molecule has 6 heteroatoms. The lowest BCUT2D eigenvalue weighted by molar-refractivity contribution is -0.153. The van der Waals surface area contributed by atoms with Gasteiger partial charge >= 0.3 is 12.0 Å². The summed E-state index contributed by atoms with van der Waals surface area (Å²) < 4.78 is 5.09. The zero-order valence-electron chi connectivity index (χ0n) is 15.4. The minimum atomic E-state index is -1.03. The van der Waals surface area contributed by atoms with E-state index in [4.69, 9.17) is 4.74 Å². The number of ether oxygens (including phenoxy) is 1. The molecule has 1 rings (SSSR count). The average molecular weight is 348 g/mol. The van der Waals surface area contributed by atoms with E-state index < -0.39 is 24.0 Å². The van der Waals surface area contributed by atoms with Crippen molar-refractivity contribution in [2.24, 2.45) is 0 Å². The van der Waals surface area contributed by atoms with Gasteiger partial charge < -0.3 is 10.1 Å². The Kier molecular flexibility index (Phi) is 8.67. The van der Waals surface area contributed by atoms with Gasteiger partial charge in [-0.3, -0.25) is 14.9 Å². The van der Waals surface area contributed by atoms with Crippen LogP contribution in [0.25, 0.3) is 0 Å². The van der Waals surface area contributed by atoms with Crippen LogP contribution >= 0.6 is 0 Å². The van der Waals surface area contributed by atoms with Crippen LogP contribution in [-0.2, 0) is 27.2 Å². The summed E-state index contributed by atoms with van der Waals surface area (Å²) in [5.41, 5.74) is 2.07. The van der Waals surface area contributed by atoms with Crippen molar-refractivity contribution in [3.8, 4) is 0 Å². The minimum absolute atomic E-state index is 0.0872. The fourth-order valence-corrected chi connectivity index (χ4v) is 2.18. The first-order valence-electron chi connectivity index (χ1n) is 8.70. The number of esters is 1. The molecule has 2 N–H and O–H groups in total. The molecule has 0 aliphatic heterocycles. The number of hydrogen-bond donors (Lipinski definition) is 2. The van der Waals surface area contributed by atoms with Gasteiger partial charge in [-0.05, 0) is 44.7 Å². The van der Waals surface area contributed by atoms with Crippen LogP contribution in [0.15, 0.2) is 24.3 Å². The average Bonchev–Trinajstić information content (AvgIpc) is 2.53. The topological polar surface area (TPSA) is 84.5 Å². The maximum absolute atomic E-state index is 11.9. The number of unbranched alkanes of at least 4 members (excludes halogenated alkanes) is 1. The van der Waals surface area contributed by atoms with Crippen LogP contribution in [-0.4, -0.2) is 30.1 Å². The second kappa shape index (κ2) is 10.5. The molecule has 0 heterocycles. The highest BCUT2D eigenvalue weighted by Gasteiger charge is 2.20. The van der Waals surface area contributed by atoms with Crippen LogP contribution < -0.4 is 10.6 Å². The lowest BCUT2D eigenvalue weighted by Gasteiger charge is -2.14. The summed E-state index contributed by atoms with van der Waals surface area (Å²) in [6, 6.07) is 7.10. The van der Waals surface area contributed by atoms with Gasteiger partial charge in [0.1, 0.15) is 0 Å². The predicted octanol–water partition coefficient (Wildman–Crippen LogP) is 2.74. The highest BCUT2D eigenvalue weighted by atomic mass is 16.5. The van der Waals surface area contributed by atoms with Crippen molar-refractivity contribution in [2.75, 3.05) is 0 Å². The van der Waals surface area contributed by atoms with Gasteiger partial charge in [0.25, 0.3) is 5.91 Å². The van der Waals surface area contributed by atoms with Gasteiger partial charge in [-0.2, -0.15) is 0 Å². The lowest BCUT2D eigenvalue weighted by Crippen LogP contribution is -2.46. The Morgan fingerprint density at radius 2 is 1.64 bits per heavy atom. The van der Waals surface area contributed by atoms with Crippen molar-refractivity contribution in [3.05, 3.63) is 35.4 Å². The Morgan fingerprint density at radius 3 is 2.20 bits per heavy atom. The Balaban J connectivity index is 2.44. The molecular formula is C19H28N2O4. The molecule has 0 saturated heterocycles. The normalized spacial score (nSPS) is 11.7. The molecule has 0 aliphatic carbocycles. The Hall–Kier alpha value is -2.37. The fourth-order valence-electron chi connectivity index (χ4n) is 2.18. The monoisotopic (exact) mass is 348 g/mol. The number of amides is 3. The summed E-state index contributed by atoms with van der Waals surface area (Å²) in [7, 11) is 0. The number of rotatable bonds is 8. The number of hydrogen-bond acceptors (Lipinski definition) is 4. The number of benzene rings is 1. The number of carbonyl (C=O) groups is 3. The lowest BCUT2D eigenvalue weighted by atomic mass is 10.1. The molecule has 6 nitrogen and oxygen atoms in total. The van der Waals surface area contributed by atoms with Gasteiger partial charge in [0.2, 0.25) is 0 Å². The molecule has 0 spiro atoms. The van der Waals surface area contributed by atoms with E-state index in [0.717, 1.165) is 24.8 Å². The van der Waals surface area contributed by atoms with E-state index in [1.807, 2.05) is 24.3 Å². The SMILES string of the molecule is CCCCc1ccc(CC(=O)O[C@H](C)C(=O)NC(=O)NC(C)C)cc1. The molecule has 3 amide bonds. The van der Waals surface area contributed by atoms with E-state index in [1.54, 1.807) is 13.8 Å². The van der Waals surface area contributed by atoms with Gasteiger partial charge in [-0.25, -0.2) is 4.79 Å². The Bertz CT molecular complexity index is 582. The number of aryl methyl sites for hydroxylation is 1. The second-order valence-corrected chi connectivity index (χ2v) is 6.35. The van der Waals surface area contributed by atoms with Gasteiger partial charge in [-0.1, -0.05) is 37.6 Å². The van der Waals surface area contributed by atoms with E-state index in [2.05, 4.69) is 17.6 Å². The summed E-state index contributed by atoms with van der Waals surface area (Å²) in [6.07, 6.45) is 2.36. The molecule has 0 radical (unpaired) electrons. The molecule has 1 atom stereocenters. The van der Waals surface area contributed by atoms with Crippen LogP contribution in [0.4, 0.5) is 4.79 Å². The third-order valence-electron chi connectivity index (χ3n) is 3.52. The predicted molar refractivity (Wildman–Crippen MR) is 96.1 cm³/mol. The number of nitrogens with one attached hydrogen (secondary N) is 2. The molecule has 0 bridgehead atoms. The van der Waals surface area contributed by atoms with Crippen molar-refractivity contribution in [3.63, 3.8) is 0 Å².